The molecule has 0 spiro atoms. The normalized spacial score (nSPS) is 36.9. The molecule has 0 radical (unpaired) electrons. The van der Waals surface area contributed by atoms with Crippen LogP contribution < -0.4 is 5.73 Å². The number of ether oxygens (including phenoxy) is 5. The number of hydrogen-bond acceptors (Lipinski definition) is 6. The minimum absolute atomic E-state index is 0.257. The standard InChI is InChI=1S/C21H23NO5/c22-15-16-18(23-11-13-7-3-1-4-8-13)20-19(17(15)26-21(25-16)27-20)24-12-14-9-5-2-6-10-14/h1-10,15-21H,11-12,22H2. The molecule has 3 aliphatic heterocycles. The van der Waals surface area contributed by atoms with Crippen molar-refractivity contribution in [2.45, 2.75) is 56.3 Å². The van der Waals surface area contributed by atoms with Crippen LogP contribution in [0.4, 0.5) is 0 Å². The minimum Gasteiger partial charge on any atom is -0.368 e. The fraction of sp³-hybridized carbons (Fsp3) is 0.429. The van der Waals surface area contributed by atoms with Gasteiger partial charge < -0.3 is 29.4 Å². The highest BCUT2D eigenvalue weighted by molar-refractivity contribution is 5.16. The molecule has 6 heteroatoms. The third-order valence-corrected chi connectivity index (χ3v) is 5.43. The maximum atomic E-state index is 6.42. The summed E-state index contributed by atoms with van der Waals surface area (Å²) in [4.78, 5) is 0. The Hall–Kier alpha value is -1.80. The predicted octanol–water partition coefficient (Wildman–Crippen LogP) is 1.96. The Morgan fingerprint density at radius 2 is 1.11 bits per heavy atom. The molecular weight excluding hydrogens is 346 g/mol. The Morgan fingerprint density at radius 1 is 0.667 bits per heavy atom. The van der Waals surface area contributed by atoms with E-state index in [1.54, 1.807) is 0 Å². The zero-order valence-corrected chi connectivity index (χ0v) is 14.8. The van der Waals surface area contributed by atoms with Crippen LogP contribution in [0.2, 0.25) is 0 Å². The lowest BCUT2D eigenvalue weighted by molar-refractivity contribution is -0.473. The van der Waals surface area contributed by atoms with Gasteiger partial charge in [-0.1, -0.05) is 60.7 Å². The van der Waals surface area contributed by atoms with E-state index < -0.39 is 6.48 Å². The van der Waals surface area contributed by atoms with Crippen molar-refractivity contribution >= 4 is 0 Å². The van der Waals surface area contributed by atoms with Gasteiger partial charge in [0, 0.05) is 0 Å². The highest BCUT2D eigenvalue weighted by Gasteiger charge is 2.62. The molecule has 3 saturated heterocycles. The van der Waals surface area contributed by atoms with Crippen molar-refractivity contribution in [2.24, 2.45) is 5.73 Å². The lowest BCUT2D eigenvalue weighted by Crippen LogP contribution is -2.77. The number of rotatable bonds is 6. The first-order valence-corrected chi connectivity index (χ1v) is 9.32. The average Bonchev–Trinajstić information content (AvgIpc) is 2.72. The van der Waals surface area contributed by atoms with Gasteiger partial charge in [-0.15, -0.1) is 0 Å². The molecule has 2 aromatic carbocycles. The minimum atomic E-state index is -0.682. The third-order valence-electron chi connectivity index (χ3n) is 5.43. The van der Waals surface area contributed by atoms with Crippen molar-refractivity contribution in [3.8, 4) is 0 Å². The van der Waals surface area contributed by atoms with Crippen LogP contribution in [0, 0.1) is 0 Å². The second kappa shape index (κ2) is 7.31. The Kier molecular flexibility index (Phi) is 4.69. The number of nitrogens with two attached hydrogens (primary N) is 1. The van der Waals surface area contributed by atoms with Gasteiger partial charge in [-0.25, -0.2) is 0 Å². The molecule has 27 heavy (non-hydrogen) atoms. The Morgan fingerprint density at radius 3 is 1.59 bits per heavy atom. The van der Waals surface area contributed by atoms with Crippen molar-refractivity contribution in [2.75, 3.05) is 0 Å². The molecule has 1 saturated carbocycles. The zero-order valence-electron chi connectivity index (χ0n) is 14.8. The molecule has 6 nitrogen and oxygen atoms in total. The van der Waals surface area contributed by atoms with Crippen LogP contribution in [0.5, 0.6) is 0 Å². The van der Waals surface area contributed by atoms with Crippen molar-refractivity contribution < 1.29 is 23.7 Å². The molecule has 6 rings (SSSR count). The lowest BCUT2D eigenvalue weighted by Gasteiger charge is -2.58. The van der Waals surface area contributed by atoms with Gasteiger partial charge >= 0.3 is 0 Å². The molecule has 4 unspecified atom stereocenters. The fourth-order valence-electron chi connectivity index (χ4n) is 4.07. The summed E-state index contributed by atoms with van der Waals surface area (Å²) in [6.07, 6.45) is -1.37. The van der Waals surface area contributed by atoms with Crippen LogP contribution in [0.1, 0.15) is 11.1 Å². The summed E-state index contributed by atoms with van der Waals surface area (Å²) in [6.45, 7) is 0.261. The van der Waals surface area contributed by atoms with E-state index in [-0.39, 0.29) is 36.6 Å². The van der Waals surface area contributed by atoms with Gasteiger partial charge in [0.2, 0.25) is 0 Å². The molecule has 142 valence electrons. The quantitative estimate of drug-likeness (QED) is 0.839. The van der Waals surface area contributed by atoms with E-state index in [0.29, 0.717) is 13.2 Å². The molecular formula is C21H23NO5. The predicted molar refractivity (Wildman–Crippen MR) is 96.4 cm³/mol. The summed E-state index contributed by atoms with van der Waals surface area (Å²) in [5.74, 6) is 0. The smallest absolute Gasteiger partial charge is 0.272 e. The van der Waals surface area contributed by atoms with E-state index >= 15 is 0 Å². The fourth-order valence-corrected chi connectivity index (χ4v) is 4.07. The molecule has 2 N–H and O–H groups in total. The molecule has 4 aliphatic rings. The van der Waals surface area contributed by atoms with Crippen molar-refractivity contribution in [3.05, 3.63) is 71.8 Å². The average molecular weight is 369 g/mol. The highest BCUT2D eigenvalue weighted by atomic mass is 16.9. The Bertz CT molecular complexity index is 696. The van der Waals surface area contributed by atoms with E-state index in [0.717, 1.165) is 11.1 Å². The van der Waals surface area contributed by atoms with Gasteiger partial charge in [0.15, 0.2) is 0 Å². The molecule has 4 fully saturated rings. The molecule has 3 heterocycles. The van der Waals surface area contributed by atoms with E-state index in [2.05, 4.69) is 0 Å². The van der Waals surface area contributed by atoms with Crippen LogP contribution >= 0.6 is 0 Å². The maximum Gasteiger partial charge on any atom is 0.272 e. The van der Waals surface area contributed by atoms with Crippen molar-refractivity contribution in [1.82, 2.24) is 0 Å². The van der Waals surface area contributed by atoms with Crippen LogP contribution in [0.3, 0.4) is 0 Å². The summed E-state index contributed by atoms with van der Waals surface area (Å²) >= 11 is 0. The van der Waals surface area contributed by atoms with Crippen LogP contribution in [-0.2, 0) is 36.9 Å². The molecule has 2 aromatic rings. The second-order valence-electron chi connectivity index (χ2n) is 7.19. The van der Waals surface area contributed by atoms with E-state index in [9.17, 15) is 0 Å². The van der Waals surface area contributed by atoms with Gasteiger partial charge in [0.1, 0.15) is 30.5 Å². The van der Waals surface area contributed by atoms with Gasteiger partial charge in [-0.05, 0) is 11.1 Å². The topological polar surface area (TPSA) is 72.2 Å². The zero-order chi connectivity index (χ0) is 18.2. The second-order valence-corrected chi connectivity index (χ2v) is 7.19. The summed E-state index contributed by atoms with van der Waals surface area (Å²) in [5.41, 5.74) is 8.61. The number of hydrogen-bond donors (Lipinski definition) is 1. The van der Waals surface area contributed by atoms with Gasteiger partial charge in [-0.2, -0.15) is 0 Å². The SMILES string of the molecule is NC1C2OC3OC1C(OCc1ccccc1)C(O3)C2OCc1ccccc1. The summed E-state index contributed by atoms with van der Waals surface area (Å²) < 4.78 is 29.9. The van der Waals surface area contributed by atoms with Crippen LogP contribution in [0.25, 0.3) is 0 Å². The first kappa shape index (κ1) is 17.3. The summed E-state index contributed by atoms with van der Waals surface area (Å²) in [5, 5.41) is 0. The summed E-state index contributed by atoms with van der Waals surface area (Å²) in [6, 6.07) is 19.8. The molecule has 4 atom stereocenters. The largest absolute Gasteiger partial charge is 0.368 e. The molecule has 4 bridgehead atoms. The first-order chi connectivity index (χ1) is 13.3. The lowest BCUT2D eigenvalue weighted by atomic mass is 9.81. The van der Waals surface area contributed by atoms with Gasteiger partial charge in [0.25, 0.3) is 6.48 Å². The number of benzene rings is 2. The van der Waals surface area contributed by atoms with E-state index in [1.807, 2.05) is 60.7 Å². The molecule has 0 amide bonds. The Balaban J connectivity index is 1.31. The first-order valence-electron chi connectivity index (χ1n) is 9.32. The van der Waals surface area contributed by atoms with Gasteiger partial charge in [0.05, 0.1) is 19.3 Å². The highest BCUT2D eigenvalue weighted by Crippen LogP contribution is 2.42. The Labute approximate surface area is 158 Å². The van der Waals surface area contributed by atoms with Crippen LogP contribution in [-0.4, -0.2) is 43.0 Å². The molecule has 0 aromatic heterocycles. The summed E-state index contributed by atoms with van der Waals surface area (Å²) in [7, 11) is 0. The van der Waals surface area contributed by atoms with Crippen molar-refractivity contribution in [1.29, 1.82) is 0 Å². The van der Waals surface area contributed by atoms with Crippen molar-refractivity contribution in [3.63, 3.8) is 0 Å². The van der Waals surface area contributed by atoms with E-state index in [4.69, 9.17) is 29.4 Å². The van der Waals surface area contributed by atoms with Gasteiger partial charge in [-0.3, -0.25) is 0 Å². The van der Waals surface area contributed by atoms with E-state index in [1.165, 1.54) is 0 Å². The maximum absolute atomic E-state index is 6.42. The van der Waals surface area contributed by atoms with Crippen LogP contribution in [0.15, 0.2) is 60.7 Å². The molecule has 1 aliphatic carbocycles. The monoisotopic (exact) mass is 369 g/mol. The third kappa shape index (κ3) is 3.29.